The fraction of sp³-hybridized carbons (Fsp3) is 0.538. The highest BCUT2D eigenvalue weighted by Gasteiger charge is 2.34. The maximum absolute atomic E-state index is 13.6. The Bertz CT molecular complexity index is 601. The second-order valence-electron chi connectivity index (χ2n) is 4.90. The van der Waals surface area contributed by atoms with Gasteiger partial charge in [0.15, 0.2) is 0 Å². The summed E-state index contributed by atoms with van der Waals surface area (Å²) >= 11 is 1.79. The van der Waals surface area contributed by atoms with Gasteiger partial charge in [-0.3, -0.25) is 0 Å². The van der Waals surface area contributed by atoms with Crippen LogP contribution in [-0.2, 0) is 14.8 Å². The van der Waals surface area contributed by atoms with E-state index in [1.54, 1.807) is 18.9 Å². The highest BCUT2D eigenvalue weighted by atomic mass is 32.2. The average Bonchev–Trinajstić information content (AvgIpc) is 2.46. The fourth-order valence-corrected chi connectivity index (χ4v) is 4.60. The van der Waals surface area contributed by atoms with Crippen LogP contribution in [0.25, 0.3) is 0 Å². The van der Waals surface area contributed by atoms with Crippen molar-refractivity contribution in [2.45, 2.75) is 23.3 Å². The highest BCUT2D eigenvalue weighted by Crippen LogP contribution is 2.29. The van der Waals surface area contributed by atoms with E-state index in [1.807, 2.05) is 0 Å². The molecule has 1 aliphatic rings. The molecule has 1 aromatic carbocycles. The molecule has 0 spiro atoms. The molecule has 1 N–H and O–H groups in total. The first-order chi connectivity index (χ1) is 9.88. The molecule has 1 heterocycles. The molecule has 118 valence electrons. The molecule has 1 aromatic rings. The predicted molar refractivity (Wildman–Crippen MR) is 77.8 cm³/mol. The van der Waals surface area contributed by atoms with Crippen LogP contribution in [0, 0.1) is 11.6 Å². The van der Waals surface area contributed by atoms with Gasteiger partial charge in [-0.25, -0.2) is 21.9 Å². The van der Waals surface area contributed by atoms with Crippen molar-refractivity contribution in [1.29, 1.82) is 0 Å². The molecule has 0 aromatic heterocycles. The second kappa shape index (κ2) is 6.60. The third-order valence-corrected chi connectivity index (χ3v) is 6.02. The van der Waals surface area contributed by atoms with Crippen molar-refractivity contribution in [3.63, 3.8) is 0 Å². The molecular formula is C13H17F2NO3S2. The van der Waals surface area contributed by atoms with Crippen molar-refractivity contribution in [1.82, 2.24) is 4.72 Å². The van der Waals surface area contributed by atoms with E-state index in [1.165, 1.54) is 0 Å². The van der Waals surface area contributed by atoms with E-state index in [2.05, 4.69) is 4.72 Å². The molecule has 21 heavy (non-hydrogen) atoms. The summed E-state index contributed by atoms with van der Waals surface area (Å²) < 4.78 is 58.5. The van der Waals surface area contributed by atoms with Crippen molar-refractivity contribution in [2.75, 3.05) is 25.2 Å². The predicted octanol–water partition coefficient (Wildman–Crippen LogP) is 2.16. The third-order valence-electron chi connectivity index (χ3n) is 3.60. The Morgan fingerprint density at radius 2 is 2.00 bits per heavy atom. The maximum atomic E-state index is 13.6. The zero-order chi connectivity index (χ0) is 15.5. The summed E-state index contributed by atoms with van der Waals surface area (Å²) in [5, 5.41) is 0. The lowest BCUT2D eigenvalue weighted by Gasteiger charge is -2.35. The lowest BCUT2D eigenvalue weighted by Crippen LogP contribution is -2.46. The molecule has 0 radical (unpaired) electrons. The maximum Gasteiger partial charge on any atom is 0.243 e. The summed E-state index contributed by atoms with van der Waals surface area (Å²) in [5.41, 5.74) is -0.561. The van der Waals surface area contributed by atoms with E-state index in [9.17, 15) is 17.2 Å². The smallest absolute Gasteiger partial charge is 0.243 e. The molecule has 0 unspecified atom stereocenters. The van der Waals surface area contributed by atoms with Crippen LogP contribution in [0.5, 0.6) is 0 Å². The Hall–Kier alpha value is -0.700. The van der Waals surface area contributed by atoms with Gasteiger partial charge < -0.3 is 4.74 Å². The van der Waals surface area contributed by atoms with Crippen LogP contribution in [-0.4, -0.2) is 39.2 Å². The molecule has 0 saturated carbocycles. The molecule has 0 aliphatic carbocycles. The van der Waals surface area contributed by atoms with Gasteiger partial charge >= 0.3 is 0 Å². The number of methoxy groups -OCH3 is 1. The Balaban J connectivity index is 2.13. The van der Waals surface area contributed by atoms with Gasteiger partial charge in [0, 0.05) is 19.7 Å². The summed E-state index contributed by atoms with van der Waals surface area (Å²) in [5.74, 6) is -0.140. The second-order valence-corrected chi connectivity index (χ2v) is 7.86. The first-order valence-corrected chi connectivity index (χ1v) is 9.10. The van der Waals surface area contributed by atoms with Gasteiger partial charge in [-0.05, 0) is 36.5 Å². The number of rotatable bonds is 5. The van der Waals surface area contributed by atoms with Gasteiger partial charge in [0.05, 0.1) is 5.60 Å². The normalized spacial score (nSPS) is 18.6. The summed E-state index contributed by atoms with van der Waals surface area (Å²) in [6.45, 7) is 0.0726. The molecule has 0 bridgehead atoms. The van der Waals surface area contributed by atoms with Crippen molar-refractivity contribution >= 4 is 21.8 Å². The van der Waals surface area contributed by atoms with Gasteiger partial charge in [0.2, 0.25) is 10.0 Å². The van der Waals surface area contributed by atoms with E-state index < -0.39 is 32.2 Å². The highest BCUT2D eigenvalue weighted by molar-refractivity contribution is 7.99. The van der Waals surface area contributed by atoms with E-state index >= 15 is 0 Å². The Morgan fingerprint density at radius 3 is 2.57 bits per heavy atom. The van der Waals surface area contributed by atoms with Gasteiger partial charge in [0.1, 0.15) is 16.5 Å². The Labute approximate surface area is 127 Å². The quantitative estimate of drug-likeness (QED) is 0.895. The van der Waals surface area contributed by atoms with Crippen LogP contribution >= 0.6 is 11.8 Å². The van der Waals surface area contributed by atoms with Crippen LogP contribution in [0.1, 0.15) is 12.8 Å². The SMILES string of the molecule is COC1(CNS(=O)(=O)c2ccc(F)cc2F)CCSCC1. The Morgan fingerprint density at radius 1 is 1.33 bits per heavy atom. The van der Waals surface area contributed by atoms with Crippen molar-refractivity contribution in [3.8, 4) is 0 Å². The van der Waals surface area contributed by atoms with E-state index in [0.717, 1.165) is 36.5 Å². The van der Waals surface area contributed by atoms with Gasteiger partial charge in [-0.2, -0.15) is 11.8 Å². The van der Waals surface area contributed by atoms with Crippen LogP contribution < -0.4 is 4.72 Å². The lowest BCUT2D eigenvalue weighted by atomic mass is 9.97. The molecule has 8 heteroatoms. The molecule has 0 amide bonds. The molecule has 1 saturated heterocycles. The number of hydrogen-bond donors (Lipinski definition) is 1. The molecule has 0 atom stereocenters. The summed E-state index contributed by atoms with van der Waals surface area (Å²) in [7, 11) is -2.49. The topological polar surface area (TPSA) is 55.4 Å². The zero-order valence-corrected chi connectivity index (χ0v) is 13.2. The number of thioether (sulfide) groups is 1. The van der Waals surface area contributed by atoms with Crippen LogP contribution in [0.4, 0.5) is 8.78 Å². The summed E-state index contributed by atoms with van der Waals surface area (Å²) in [4.78, 5) is -0.555. The molecule has 1 aliphatic heterocycles. The minimum atomic E-state index is -4.03. The average molecular weight is 337 g/mol. The minimum Gasteiger partial charge on any atom is -0.377 e. The van der Waals surface area contributed by atoms with Crippen molar-refractivity contribution < 1.29 is 21.9 Å². The minimum absolute atomic E-state index is 0.0726. The first kappa shape index (κ1) is 16.7. The summed E-state index contributed by atoms with van der Waals surface area (Å²) in [6.07, 6.45) is 1.45. The van der Waals surface area contributed by atoms with Crippen LogP contribution in [0.3, 0.4) is 0 Å². The first-order valence-electron chi connectivity index (χ1n) is 6.46. The van der Waals surface area contributed by atoms with E-state index in [0.29, 0.717) is 6.07 Å². The summed E-state index contributed by atoms with van der Waals surface area (Å²) in [6, 6.07) is 2.39. The Kier molecular flexibility index (Phi) is 5.24. The van der Waals surface area contributed by atoms with Crippen molar-refractivity contribution in [2.24, 2.45) is 0 Å². The number of sulfonamides is 1. The van der Waals surface area contributed by atoms with Crippen molar-refractivity contribution in [3.05, 3.63) is 29.8 Å². The number of nitrogens with one attached hydrogen (secondary N) is 1. The fourth-order valence-electron chi connectivity index (χ4n) is 2.19. The number of halogens is 2. The number of hydrogen-bond acceptors (Lipinski definition) is 4. The van der Waals surface area contributed by atoms with E-state index in [4.69, 9.17) is 4.74 Å². The number of benzene rings is 1. The van der Waals surface area contributed by atoms with Gasteiger partial charge in [-0.1, -0.05) is 0 Å². The molecular weight excluding hydrogens is 320 g/mol. The third kappa shape index (κ3) is 3.94. The molecule has 4 nitrogen and oxygen atoms in total. The lowest BCUT2D eigenvalue weighted by molar-refractivity contribution is -0.0119. The van der Waals surface area contributed by atoms with Gasteiger partial charge in [-0.15, -0.1) is 0 Å². The standard InChI is InChI=1S/C13H17F2NO3S2/c1-19-13(4-6-20-7-5-13)9-16-21(17,18)12-3-2-10(14)8-11(12)15/h2-3,8,16H,4-7,9H2,1H3. The van der Waals surface area contributed by atoms with Gasteiger partial charge in [0.25, 0.3) is 0 Å². The van der Waals surface area contributed by atoms with Crippen LogP contribution in [0.15, 0.2) is 23.1 Å². The van der Waals surface area contributed by atoms with E-state index in [-0.39, 0.29) is 6.54 Å². The largest absolute Gasteiger partial charge is 0.377 e. The monoisotopic (exact) mass is 337 g/mol. The van der Waals surface area contributed by atoms with Crippen LogP contribution in [0.2, 0.25) is 0 Å². The molecule has 2 rings (SSSR count). The zero-order valence-electron chi connectivity index (χ0n) is 11.6. The number of ether oxygens (including phenoxy) is 1. The molecule has 1 fully saturated rings.